The molecule has 1 aliphatic carbocycles. The van der Waals surface area contributed by atoms with Crippen molar-refractivity contribution in [1.82, 2.24) is 15.0 Å². The molecule has 4 rings (SSSR count). The molecule has 0 saturated heterocycles. The van der Waals surface area contributed by atoms with Crippen molar-refractivity contribution in [3.8, 4) is 11.1 Å². The van der Waals surface area contributed by atoms with E-state index in [0.29, 0.717) is 12.1 Å². The first-order valence-electron chi connectivity index (χ1n) is 8.51. The summed E-state index contributed by atoms with van der Waals surface area (Å²) in [5.41, 5.74) is 12.2. The van der Waals surface area contributed by atoms with Gasteiger partial charge in [-0.15, -0.1) is 0 Å². The molecule has 0 aliphatic heterocycles. The number of aromatic nitrogens is 3. The van der Waals surface area contributed by atoms with Crippen LogP contribution in [0, 0.1) is 6.92 Å². The molecule has 26 heavy (non-hydrogen) atoms. The Balaban J connectivity index is 1.82. The van der Waals surface area contributed by atoms with Crippen LogP contribution in [-0.4, -0.2) is 25.9 Å². The fraction of sp³-hybridized carbons (Fsp3) is 0.200. The fourth-order valence-electron chi connectivity index (χ4n) is 3.77. The summed E-state index contributed by atoms with van der Waals surface area (Å²) in [5.74, 6) is 0.387. The minimum absolute atomic E-state index is 0.138. The van der Waals surface area contributed by atoms with E-state index in [0.717, 1.165) is 34.5 Å². The Bertz CT molecular complexity index is 985. The lowest BCUT2D eigenvalue weighted by Gasteiger charge is -2.27. The van der Waals surface area contributed by atoms with Crippen molar-refractivity contribution in [3.63, 3.8) is 0 Å². The van der Waals surface area contributed by atoms with Gasteiger partial charge in [-0.05, 0) is 36.5 Å². The largest absolute Gasteiger partial charge is 0.411 e. The predicted molar refractivity (Wildman–Crippen MR) is 100 cm³/mol. The van der Waals surface area contributed by atoms with E-state index >= 15 is 0 Å². The van der Waals surface area contributed by atoms with Gasteiger partial charge in [-0.2, -0.15) is 0 Å². The second-order valence-electron chi connectivity index (χ2n) is 6.47. The quantitative estimate of drug-likeness (QED) is 0.548. The Hall–Kier alpha value is -3.28. The average molecular weight is 345 g/mol. The summed E-state index contributed by atoms with van der Waals surface area (Å²) in [6.45, 7) is 1.87. The number of benzene rings is 1. The van der Waals surface area contributed by atoms with Crippen LogP contribution >= 0.6 is 0 Å². The van der Waals surface area contributed by atoms with Crippen molar-refractivity contribution < 1.29 is 5.21 Å². The van der Waals surface area contributed by atoms with Gasteiger partial charge in [-0.25, -0.2) is 9.97 Å². The fourth-order valence-corrected chi connectivity index (χ4v) is 3.77. The number of hydrogen-bond acceptors (Lipinski definition) is 6. The molecular formula is C20H19N5O. The smallest absolute Gasteiger partial charge is 0.220 e. The number of nitrogens with two attached hydrogens (primary N) is 1. The molecule has 3 N–H and O–H groups in total. The maximum atomic E-state index is 9.57. The Morgan fingerprint density at radius 1 is 1.12 bits per heavy atom. The maximum absolute atomic E-state index is 9.57. The Morgan fingerprint density at radius 3 is 2.73 bits per heavy atom. The molecule has 1 unspecified atom stereocenters. The van der Waals surface area contributed by atoms with Crippen LogP contribution in [0.15, 0.2) is 53.9 Å². The Morgan fingerprint density at radius 2 is 1.96 bits per heavy atom. The molecule has 0 bridgehead atoms. The summed E-state index contributed by atoms with van der Waals surface area (Å²) in [4.78, 5) is 12.9. The van der Waals surface area contributed by atoms with Crippen molar-refractivity contribution in [3.05, 3.63) is 71.3 Å². The molecule has 6 heteroatoms. The molecule has 3 aromatic rings. The van der Waals surface area contributed by atoms with E-state index in [1.807, 2.05) is 37.4 Å². The molecule has 1 atom stereocenters. The van der Waals surface area contributed by atoms with Crippen LogP contribution in [0.4, 0.5) is 5.95 Å². The van der Waals surface area contributed by atoms with Crippen LogP contribution in [0.1, 0.15) is 34.9 Å². The summed E-state index contributed by atoms with van der Waals surface area (Å²) >= 11 is 0. The molecule has 130 valence electrons. The van der Waals surface area contributed by atoms with Crippen molar-refractivity contribution in [2.45, 2.75) is 25.7 Å². The van der Waals surface area contributed by atoms with Gasteiger partial charge in [-0.3, -0.25) is 4.98 Å². The minimum Gasteiger partial charge on any atom is -0.411 e. The number of anilines is 1. The number of aryl methyl sites for hydroxylation is 1. The maximum Gasteiger partial charge on any atom is 0.220 e. The summed E-state index contributed by atoms with van der Waals surface area (Å²) < 4.78 is 0. The molecule has 6 nitrogen and oxygen atoms in total. The second-order valence-corrected chi connectivity index (χ2v) is 6.47. The van der Waals surface area contributed by atoms with E-state index in [1.54, 1.807) is 6.20 Å². The van der Waals surface area contributed by atoms with E-state index in [1.165, 1.54) is 5.56 Å². The van der Waals surface area contributed by atoms with Gasteiger partial charge in [0.25, 0.3) is 0 Å². The highest BCUT2D eigenvalue weighted by atomic mass is 16.4. The highest BCUT2D eigenvalue weighted by Gasteiger charge is 2.30. The number of nitrogens with zero attached hydrogens (tertiary/aromatic N) is 4. The van der Waals surface area contributed by atoms with Crippen LogP contribution in [0.25, 0.3) is 11.1 Å². The lowest BCUT2D eigenvalue weighted by molar-refractivity contribution is 0.316. The molecule has 1 aromatic carbocycles. The molecule has 0 fully saturated rings. The first-order valence-corrected chi connectivity index (χ1v) is 8.51. The second kappa shape index (κ2) is 6.55. The zero-order chi connectivity index (χ0) is 18.1. The zero-order valence-electron chi connectivity index (χ0n) is 14.4. The average Bonchev–Trinajstić information content (AvgIpc) is 2.67. The van der Waals surface area contributed by atoms with Gasteiger partial charge in [0.05, 0.1) is 17.1 Å². The van der Waals surface area contributed by atoms with Crippen LogP contribution in [-0.2, 0) is 6.42 Å². The van der Waals surface area contributed by atoms with E-state index in [2.05, 4.69) is 32.2 Å². The first kappa shape index (κ1) is 16.2. The van der Waals surface area contributed by atoms with Gasteiger partial charge in [0.2, 0.25) is 5.95 Å². The topological polar surface area (TPSA) is 97.3 Å². The van der Waals surface area contributed by atoms with Crippen molar-refractivity contribution >= 4 is 11.7 Å². The number of pyridine rings is 1. The molecule has 0 amide bonds. The van der Waals surface area contributed by atoms with Crippen molar-refractivity contribution in [1.29, 1.82) is 0 Å². The van der Waals surface area contributed by atoms with Crippen LogP contribution < -0.4 is 5.73 Å². The third-order valence-electron chi connectivity index (χ3n) is 4.84. The number of hydrogen-bond donors (Lipinski definition) is 2. The third-order valence-corrected chi connectivity index (χ3v) is 4.84. The summed E-state index contributed by atoms with van der Waals surface area (Å²) in [5, 5.41) is 13.1. The first-order chi connectivity index (χ1) is 12.7. The predicted octanol–water partition coefficient (Wildman–Crippen LogP) is 3.34. The van der Waals surface area contributed by atoms with E-state index < -0.39 is 0 Å². The summed E-state index contributed by atoms with van der Waals surface area (Å²) in [6.07, 6.45) is 4.97. The number of nitrogen functional groups attached to an aromatic ring is 1. The molecule has 2 heterocycles. The molecule has 0 radical (unpaired) electrons. The SMILES string of the molecule is Cc1nc(N)nc2c1/C(=N\O)CC(c1ccccc1-c1cccnc1)C2. The van der Waals surface area contributed by atoms with E-state index in [9.17, 15) is 5.21 Å². The molecule has 0 spiro atoms. The number of fused-ring (bicyclic) bond motifs is 1. The zero-order valence-corrected chi connectivity index (χ0v) is 14.4. The summed E-state index contributed by atoms with van der Waals surface area (Å²) in [6, 6.07) is 12.2. The monoisotopic (exact) mass is 345 g/mol. The van der Waals surface area contributed by atoms with Crippen molar-refractivity contribution in [2.75, 3.05) is 5.73 Å². The van der Waals surface area contributed by atoms with Gasteiger partial charge in [-0.1, -0.05) is 35.5 Å². The van der Waals surface area contributed by atoms with E-state index in [-0.39, 0.29) is 11.9 Å². The third kappa shape index (κ3) is 2.79. The Kier molecular flexibility index (Phi) is 4.08. The highest BCUT2D eigenvalue weighted by molar-refractivity contribution is 6.03. The minimum atomic E-state index is 0.138. The number of rotatable bonds is 2. The Labute approximate surface area is 151 Å². The highest BCUT2D eigenvalue weighted by Crippen LogP contribution is 2.38. The standard InChI is InChI=1S/C20H19N5O/c1-12-19-17(24-20(21)23-12)9-14(10-18(19)25-26)16-7-3-2-6-15(16)13-5-4-8-22-11-13/h2-8,11,14,26H,9-10H2,1H3,(H2,21,23,24)/b25-18-. The van der Waals surface area contributed by atoms with E-state index in [4.69, 9.17) is 5.73 Å². The van der Waals surface area contributed by atoms with Crippen LogP contribution in [0.3, 0.4) is 0 Å². The lowest BCUT2D eigenvalue weighted by Crippen LogP contribution is -2.24. The molecule has 2 aromatic heterocycles. The van der Waals surface area contributed by atoms with Gasteiger partial charge in [0, 0.05) is 29.9 Å². The summed E-state index contributed by atoms with van der Waals surface area (Å²) in [7, 11) is 0. The number of oxime groups is 1. The molecular weight excluding hydrogens is 326 g/mol. The van der Waals surface area contributed by atoms with Crippen molar-refractivity contribution in [2.24, 2.45) is 5.16 Å². The van der Waals surface area contributed by atoms with Gasteiger partial charge >= 0.3 is 0 Å². The molecule has 0 saturated carbocycles. The molecule has 1 aliphatic rings. The van der Waals surface area contributed by atoms with Gasteiger partial charge in [0.15, 0.2) is 0 Å². The van der Waals surface area contributed by atoms with Gasteiger partial charge < -0.3 is 10.9 Å². The lowest BCUT2D eigenvalue weighted by atomic mass is 9.78. The van der Waals surface area contributed by atoms with Crippen LogP contribution in [0.5, 0.6) is 0 Å². The van der Waals surface area contributed by atoms with Gasteiger partial charge in [0.1, 0.15) is 0 Å². The van der Waals surface area contributed by atoms with Crippen LogP contribution in [0.2, 0.25) is 0 Å². The normalized spacial score (nSPS) is 17.9.